The van der Waals surface area contributed by atoms with Crippen LogP contribution in [0.2, 0.25) is 5.02 Å². The Morgan fingerprint density at radius 2 is 1.83 bits per heavy atom. The van der Waals surface area contributed by atoms with E-state index in [0.717, 1.165) is 12.8 Å². The van der Waals surface area contributed by atoms with Crippen LogP contribution < -0.4 is 10.3 Å². The van der Waals surface area contributed by atoms with Gasteiger partial charge in [0.2, 0.25) is 5.91 Å². The zero-order valence-electron chi connectivity index (χ0n) is 13.2. The fraction of sp³-hybridized carbons (Fsp3) is 0.333. The average molecular weight is 347 g/mol. The second-order valence-electron chi connectivity index (χ2n) is 5.80. The molecule has 0 unspecified atom stereocenters. The highest BCUT2D eigenvalue weighted by atomic mass is 35.5. The minimum absolute atomic E-state index is 0.0421. The minimum Gasteiger partial charge on any atom is -0.489 e. The second-order valence-corrected chi connectivity index (χ2v) is 6.20. The van der Waals surface area contributed by atoms with Crippen molar-refractivity contribution in [3.05, 3.63) is 64.0 Å². The van der Waals surface area contributed by atoms with Crippen molar-refractivity contribution in [1.82, 2.24) is 9.47 Å². The third kappa shape index (κ3) is 3.97. The van der Waals surface area contributed by atoms with Gasteiger partial charge in [-0.25, -0.2) is 0 Å². The Bertz CT molecular complexity index is 767. The average Bonchev–Trinajstić information content (AvgIpc) is 2.59. The van der Waals surface area contributed by atoms with Crippen molar-refractivity contribution in [3.63, 3.8) is 0 Å². The normalized spacial score (nSPS) is 15.3. The van der Waals surface area contributed by atoms with Crippen LogP contribution in [0.3, 0.4) is 0 Å². The van der Waals surface area contributed by atoms with Crippen molar-refractivity contribution in [3.8, 4) is 5.75 Å². The van der Waals surface area contributed by atoms with Crippen LogP contribution in [0.25, 0.3) is 0 Å². The van der Waals surface area contributed by atoms with Crippen molar-refractivity contribution < 1.29 is 9.53 Å². The van der Waals surface area contributed by atoms with E-state index >= 15 is 0 Å². The van der Waals surface area contributed by atoms with Crippen LogP contribution in [0.15, 0.2) is 53.5 Å². The number of pyridine rings is 1. The summed E-state index contributed by atoms with van der Waals surface area (Å²) in [5, 5.41) is 0.597. The Morgan fingerprint density at radius 3 is 2.54 bits per heavy atom. The van der Waals surface area contributed by atoms with Gasteiger partial charge in [0.25, 0.3) is 5.56 Å². The first-order valence-corrected chi connectivity index (χ1v) is 8.36. The zero-order valence-corrected chi connectivity index (χ0v) is 14.0. The van der Waals surface area contributed by atoms with Gasteiger partial charge >= 0.3 is 0 Å². The molecule has 0 bridgehead atoms. The SMILES string of the molecule is O=C(Cn1ccccc1=O)N1CCC(Oc2ccccc2Cl)CC1. The van der Waals surface area contributed by atoms with Gasteiger partial charge in [0.05, 0.1) is 5.02 Å². The third-order valence-electron chi connectivity index (χ3n) is 4.13. The molecule has 1 aliphatic heterocycles. The molecule has 0 spiro atoms. The van der Waals surface area contributed by atoms with E-state index in [9.17, 15) is 9.59 Å². The van der Waals surface area contributed by atoms with Gasteiger partial charge in [0.15, 0.2) is 0 Å². The number of piperidine rings is 1. The van der Waals surface area contributed by atoms with Crippen LogP contribution in [0.1, 0.15) is 12.8 Å². The number of carbonyl (C=O) groups is 1. The smallest absolute Gasteiger partial charge is 0.250 e. The second kappa shape index (κ2) is 7.53. The first-order valence-electron chi connectivity index (χ1n) is 7.98. The molecule has 2 heterocycles. The first kappa shape index (κ1) is 16.6. The summed E-state index contributed by atoms with van der Waals surface area (Å²) in [7, 11) is 0. The van der Waals surface area contributed by atoms with Crippen LogP contribution >= 0.6 is 11.6 Å². The van der Waals surface area contributed by atoms with Crippen LogP contribution in [-0.2, 0) is 11.3 Å². The Labute approximate surface area is 145 Å². The quantitative estimate of drug-likeness (QED) is 0.855. The van der Waals surface area contributed by atoms with Crippen molar-refractivity contribution in [2.24, 2.45) is 0 Å². The lowest BCUT2D eigenvalue weighted by Crippen LogP contribution is -2.44. The Morgan fingerprint density at radius 1 is 1.12 bits per heavy atom. The molecule has 0 aliphatic carbocycles. The van der Waals surface area contributed by atoms with Crippen LogP contribution in [0, 0.1) is 0 Å². The molecule has 6 heteroatoms. The number of ether oxygens (including phenoxy) is 1. The highest BCUT2D eigenvalue weighted by Gasteiger charge is 2.24. The van der Waals surface area contributed by atoms with E-state index in [4.69, 9.17) is 16.3 Å². The van der Waals surface area contributed by atoms with Crippen molar-refractivity contribution in [2.75, 3.05) is 13.1 Å². The highest BCUT2D eigenvalue weighted by molar-refractivity contribution is 6.32. The van der Waals surface area contributed by atoms with Crippen molar-refractivity contribution in [1.29, 1.82) is 0 Å². The van der Waals surface area contributed by atoms with E-state index in [-0.39, 0.29) is 24.1 Å². The number of hydrogen-bond donors (Lipinski definition) is 0. The minimum atomic E-state index is -0.164. The van der Waals surface area contributed by atoms with Crippen molar-refractivity contribution in [2.45, 2.75) is 25.5 Å². The van der Waals surface area contributed by atoms with Crippen LogP contribution in [0.4, 0.5) is 0 Å². The monoisotopic (exact) mass is 346 g/mol. The maximum Gasteiger partial charge on any atom is 0.250 e. The molecule has 1 aliphatic rings. The molecule has 0 atom stereocenters. The van der Waals surface area contributed by atoms with Crippen LogP contribution in [-0.4, -0.2) is 34.6 Å². The molecule has 0 N–H and O–H groups in total. The summed E-state index contributed by atoms with van der Waals surface area (Å²) in [4.78, 5) is 25.8. The molecule has 0 saturated carbocycles. The van der Waals surface area contributed by atoms with E-state index in [1.807, 2.05) is 18.2 Å². The van der Waals surface area contributed by atoms with Gasteiger partial charge < -0.3 is 14.2 Å². The highest BCUT2D eigenvalue weighted by Crippen LogP contribution is 2.26. The predicted molar refractivity (Wildman–Crippen MR) is 92.4 cm³/mol. The number of nitrogens with zero attached hydrogens (tertiary/aromatic N) is 2. The van der Waals surface area contributed by atoms with Crippen LogP contribution in [0.5, 0.6) is 5.75 Å². The predicted octanol–water partition coefficient (Wildman–Crippen LogP) is 2.57. The third-order valence-corrected chi connectivity index (χ3v) is 4.44. The largest absolute Gasteiger partial charge is 0.489 e. The Kier molecular flexibility index (Phi) is 5.20. The van der Waals surface area contributed by atoms with Gasteiger partial charge in [-0.15, -0.1) is 0 Å². The summed E-state index contributed by atoms with van der Waals surface area (Å²) in [6.07, 6.45) is 3.18. The maximum absolute atomic E-state index is 12.3. The topological polar surface area (TPSA) is 51.5 Å². The van der Waals surface area contributed by atoms with E-state index in [2.05, 4.69) is 0 Å². The standard InChI is InChI=1S/C18H19ClN2O3/c19-15-5-1-2-6-16(15)24-14-8-11-20(12-9-14)18(23)13-21-10-4-3-7-17(21)22/h1-7,10,14H,8-9,11-13H2. The molecular formula is C18H19ClN2O3. The lowest BCUT2D eigenvalue weighted by molar-refractivity contribution is -0.133. The molecule has 5 nitrogen and oxygen atoms in total. The number of hydrogen-bond acceptors (Lipinski definition) is 3. The van der Waals surface area contributed by atoms with E-state index in [1.54, 1.807) is 29.3 Å². The molecule has 126 valence electrons. The van der Waals surface area contributed by atoms with E-state index < -0.39 is 0 Å². The molecule has 3 rings (SSSR count). The summed E-state index contributed by atoms with van der Waals surface area (Å²) < 4.78 is 7.35. The summed E-state index contributed by atoms with van der Waals surface area (Å²) in [5.41, 5.74) is -0.164. The molecule has 1 aromatic carbocycles. The summed E-state index contributed by atoms with van der Waals surface area (Å²) in [6, 6.07) is 12.3. The van der Waals surface area contributed by atoms with Gasteiger partial charge in [-0.2, -0.15) is 0 Å². The van der Waals surface area contributed by atoms with E-state index in [1.165, 1.54) is 10.6 Å². The van der Waals surface area contributed by atoms with Gasteiger partial charge in [0, 0.05) is 38.2 Å². The summed E-state index contributed by atoms with van der Waals surface area (Å²) in [5.74, 6) is 0.638. The number of rotatable bonds is 4. The lowest BCUT2D eigenvalue weighted by atomic mass is 10.1. The first-order chi connectivity index (χ1) is 11.6. The number of amides is 1. The van der Waals surface area contributed by atoms with Gasteiger partial charge in [-0.3, -0.25) is 9.59 Å². The fourth-order valence-electron chi connectivity index (χ4n) is 2.78. The maximum atomic E-state index is 12.3. The van der Waals surface area contributed by atoms with E-state index in [0.29, 0.717) is 23.9 Å². The van der Waals surface area contributed by atoms with Crippen molar-refractivity contribution >= 4 is 17.5 Å². The van der Waals surface area contributed by atoms with Gasteiger partial charge in [-0.1, -0.05) is 29.8 Å². The van der Waals surface area contributed by atoms with Gasteiger partial charge in [0.1, 0.15) is 18.4 Å². The summed E-state index contributed by atoms with van der Waals surface area (Å²) >= 11 is 6.11. The number of halogens is 1. The molecule has 1 fully saturated rings. The number of aromatic nitrogens is 1. The molecule has 1 amide bonds. The van der Waals surface area contributed by atoms with Gasteiger partial charge in [-0.05, 0) is 18.2 Å². The molecule has 0 radical (unpaired) electrons. The Balaban J connectivity index is 1.53. The fourth-order valence-corrected chi connectivity index (χ4v) is 2.96. The molecular weight excluding hydrogens is 328 g/mol. The molecule has 1 aromatic heterocycles. The molecule has 24 heavy (non-hydrogen) atoms. The molecule has 1 saturated heterocycles. The lowest BCUT2D eigenvalue weighted by Gasteiger charge is -2.32. The summed E-state index contributed by atoms with van der Waals surface area (Å²) in [6.45, 7) is 1.32. The number of para-hydroxylation sites is 1. The number of carbonyl (C=O) groups excluding carboxylic acids is 1. The zero-order chi connectivity index (χ0) is 16.9. The molecule has 2 aromatic rings. The number of likely N-dealkylation sites (tertiary alicyclic amines) is 1. The Hall–Kier alpha value is -2.27. The number of benzene rings is 1.